The topological polar surface area (TPSA) is 12.0 Å². The van der Waals surface area contributed by atoms with Crippen LogP contribution in [0.1, 0.15) is 67.2 Å². The molecule has 0 saturated heterocycles. The van der Waals surface area contributed by atoms with Crippen molar-refractivity contribution in [2.45, 2.75) is 72.8 Å². The molecule has 0 aromatic carbocycles. The lowest BCUT2D eigenvalue weighted by Gasteiger charge is -2.36. The Bertz CT molecular complexity index is 216. The van der Waals surface area contributed by atoms with E-state index in [2.05, 4.69) is 46.9 Å². The van der Waals surface area contributed by atoms with Crippen LogP contribution in [-0.2, 0) is 0 Å². The van der Waals surface area contributed by atoms with E-state index < -0.39 is 0 Å². The van der Waals surface area contributed by atoms with Gasteiger partial charge in [0.2, 0.25) is 0 Å². The fourth-order valence-electron chi connectivity index (χ4n) is 3.02. The molecule has 102 valence electrons. The first kappa shape index (κ1) is 15.0. The number of hydrogen-bond acceptors (Lipinski definition) is 1. The highest BCUT2D eigenvalue weighted by atomic mass is 14.9. The molecule has 0 bridgehead atoms. The second kappa shape index (κ2) is 6.22. The molecule has 1 saturated carbocycles. The number of nitrogens with one attached hydrogen (secondary N) is 1. The average molecular weight is 239 g/mol. The van der Waals surface area contributed by atoms with E-state index in [1.54, 1.807) is 0 Å². The van der Waals surface area contributed by atoms with Gasteiger partial charge in [-0.15, -0.1) is 0 Å². The lowest BCUT2D eigenvalue weighted by atomic mass is 9.71. The Morgan fingerprint density at radius 3 is 2.29 bits per heavy atom. The third kappa shape index (κ3) is 5.42. The van der Waals surface area contributed by atoms with Crippen LogP contribution in [-0.4, -0.2) is 12.1 Å². The maximum atomic E-state index is 3.61. The zero-order valence-electron chi connectivity index (χ0n) is 12.8. The Morgan fingerprint density at radius 1 is 1.12 bits per heavy atom. The van der Waals surface area contributed by atoms with E-state index in [0.717, 1.165) is 23.7 Å². The van der Waals surface area contributed by atoms with Crippen molar-refractivity contribution in [1.82, 2.24) is 5.32 Å². The molecule has 17 heavy (non-hydrogen) atoms. The molecule has 1 N–H and O–H groups in total. The van der Waals surface area contributed by atoms with Crippen LogP contribution in [0.25, 0.3) is 0 Å². The summed E-state index contributed by atoms with van der Waals surface area (Å²) >= 11 is 0. The molecule has 0 radical (unpaired) electrons. The van der Waals surface area contributed by atoms with Gasteiger partial charge in [-0.05, 0) is 70.3 Å². The molecule has 0 aromatic heterocycles. The van der Waals surface area contributed by atoms with E-state index in [4.69, 9.17) is 0 Å². The molecular weight excluding hydrogens is 206 g/mol. The van der Waals surface area contributed by atoms with E-state index >= 15 is 0 Å². The van der Waals surface area contributed by atoms with E-state index in [0.29, 0.717) is 0 Å². The quantitative estimate of drug-likeness (QED) is 0.763. The highest BCUT2D eigenvalue weighted by Gasteiger charge is 2.27. The third-order valence-corrected chi connectivity index (χ3v) is 4.70. The maximum absolute atomic E-state index is 3.61. The van der Waals surface area contributed by atoms with Crippen molar-refractivity contribution >= 4 is 0 Å². The van der Waals surface area contributed by atoms with Crippen molar-refractivity contribution in [1.29, 1.82) is 0 Å². The smallest absolute Gasteiger partial charge is 0.00965 e. The van der Waals surface area contributed by atoms with Crippen molar-refractivity contribution in [3.05, 3.63) is 0 Å². The van der Waals surface area contributed by atoms with E-state index in [1.165, 1.54) is 32.2 Å². The third-order valence-electron chi connectivity index (χ3n) is 4.70. The van der Waals surface area contributed by atoms with Crippen LogP contribution in [0.5, 0.6) is 0 Å². The summed E-state index contributed by atoms with van der Waals surface area (Å²) in [6.45, 7) is 15.2. The van der Waals surface area contributed by atoms with Crippen LogP contribution in [0, 0.1) is 23.7 Å². The Balaban J connectivity index is 2.26. The molecule has 4 unspecified atom stereocenters. The molecule has 1 heteroatoms. The Morgan fingerprint density at radius 2 is 1.76 bits per heavy atom. The zero-order chi connectivity index (χ0) is 13.1. The van der Waals surface area contributed by atoms with Crippen LogP contribution in [0.4, 0.5) is 0 Å². The second-order valence-electron chi connectivity index (χ2n) is 7.47. The first-order valence-corrected chi connectivity index (χ1v) is 7.54. The molecule has 0 amide bonds. The lowest BCUT2D eigenvalue weighted by molar-refractivity contribution is 0.157. The Labute approximate surface area is 109 Å². The second-order valence-corrected chi connectivity index (χ2v) is 7.47. The predicted octanol–water partition coefficient (Wildman–Crippen LogP) is 4.47. The summed E-state index contributed by atoms with van der Waals surface area (Å²) in [5.41, 5.74) is 0.272. The van der Waals surface area contributed by atoms with Gasteiger partial charge in [0.1, 0.15) is 0 Å². The summed E-state index contributed by atoms with van der Waals surface area (Å²) in [6, 6.07) is 0. The molecule has 0 aliphatic heterocycles. The molecule has 1 rings (SSSR count). The van der Waals surface area contributed by atoms with Crippen LogP contribution >= 0.6 is 0 Å². The van der Waals surface area contributed by atoms with Gasteiger partial charge in [0, 0.05) is 5.54 Å². The van der Waals surface area contributed by atoms with Crippen molar-refractivity contribution in [3.8, 4) is 0 Å². The summed E-state index contributed by atoms with van der Waals surface area (Å²) in [7, 11) is 0. The van der Waals surface area contributed by atoms with Crippen molar-refractivity contribution in [2.75, 3.05) is 6.54 Å². The summed E-state index contributed by atoms with van der Waals surface area (Å²) in [5.74, 6) is 3.75. The fourth-order valence-corrected chi connectivity index (χ4v) is 3.02. The van der Waals surface area contributed by atoms with Crippen molar-refractivity contribution in [2.24, 2.45) is 23.7 Å². The molecule has 4 atom stereocenters. The van der Waals surface area contributed by atoms with Crippen LogP contribution in [0.2, 0.25) is 0 Å². The van der Waals surface area contributed by atoms with Gasteiger partial charge in [0.25, 0.3) is 0 Å². The van der Waals surface area contributed by atoms with Gasteiger partial charge in [-0.1, -0.05) is 27.2 Å². The van der Waals surface area contributed by atoms with Gasteiger partial charge in [0.15, 0.2) is 0 Å². The minimum atomic E-state index is 0.272. The zero-order valence-corrected chi connectivity index (χ0v) is 12.8. The number of hydrogen-bond donors (Lipinski definition) is 1. The van der Waals surface area contributed by atoms with Crippen LogP contribution < -0.4 is 5.32 Å². The highest BCUT2D eigenvalue weighted by Crippen LogP contribution is 2.37. The molecular formula is C16H33N. The first-order chi connectivity index (χ1) is 7.79. The van der Waals surface area contributed by atoms with E-state index in [1.807, 2.05) is 0 Å². The number of rotatable bonds is 4. The molecule has 1 fully saturated rings. The lowest BCUT2D eigenvalue weighted by Crippen LogP contribution is -2.37. The maximum Gasteiger partial charge on any atom is 0.00965 e. The summed E-state index contributed by atoms with van der Waals surface area (Å²) in [6.07, 6.45) is 5.70. The minimum Gasteiger partial charge on any atom is -0.312 e. The summed E-state index contributed by atoms with van der Waals surface area (Å²) in [5, 5.41) is 3.61. The standard InChI is InChI=1S/C16H33N/c1-12-7-8-15(11-14(12)3)13(2)9-10-17-16(4,5)6/h12-15,17H,7-11H2,1-6H3. The van der Waals surface area contributed by atoms with Gasteiger partial charge in [-0.3, -0.25) is 0 Å². The Hall–Kier alpha value is -0.0400. The van der Waals surface area contributed by atoms with Gasteiger partial charge in [0.05, 0.1) is 0 Å². The molecule has 0 aromatic rings. The molecule has 1 aliphatic rings. The van der Waals surface area contributed by atoms with Gasteiger partial charge < -0.3 is 5.32 Å². The SMILES string of the molecule is CC1CCC(C(C)CCNC(C)(C)C)CC1C. The highest BCUT2D eigenvalue weighted by molar-refractivity contribution is 4.79. The van der Waals surface area contributed by atoms with Gasteiger partial charge in [-0.2, -0.15) is 0 Å². The fraction of sp³-hybridized carbons (Fsp3) is 1.00. The molecule has 0 heterocycles. The first-order valence-electron chi connectivity index (χ1n) is 7.54. The minimum absolute atomic E-state index is 0.272. The summed E-state index contributed by atoms with van der Waals surface area (Å²) < 4.78 is 0. The van der Waals surface area contributed by atoms with Crippen LogP contribution in [0.3, 0.4) is 0 Å². The largest absolute Gasteiger partial charge is 0.312 e. The Kier molecular flexibility index (Phi) is 5.50. The van der Waals surface area contributed by atoms with Gasteiger partial charge >= 0.3 is 0 Å². The molecule has 1 aliphatic carbocycles. The monoisotopic (exact) mass is 239 g/mol. The predicted molar refractivity (Wildman–Crippen MR) is 77.2 cm³/mol. The normalized spacial score (nSPS) is 32.5. The van der Waals surface area contributed by atoms with Crippen molar-refractivity contribution in [3.63, 3.8) is 0 Å². The van der Waals surface area contributed by atoms with E-state index in [9.17, 15) is 0 Å². The van der Waals surface area contributed by atoms with Crippen LogP contribution in [0.15, 0.2) is 0 Å². The van der Waals surface area contributed by atoms with Gasteiger partial charge in [-0.25, -0.2) is 0 Å². The average Bonchev–Trinajstić information content (AvgIpc) is 2.20. The van der Waals surface area contributed by atoms with Crippen molar-refractivity contribution < 1.29 is 0 Å². The molecule has 1 nitrogen and oxygen atoms in total. The molecule has 0 spiro atoms. The summed E-state index contributed by atoms with van der Waals surface area (Å²) in [4.78, 5) is 0. The van der Waals surface area contributed by atoms with E-state index in [-0.39, 0.29) is 5.54 Å².